The van der Waals surface area contributed by atoms with E-state index in [0.29, 0.717) is 22.9 Å². The number of phenolic OH excluding ortho intramolecular Hbond substituents is 1. The van der Waals surface area contributed by atoms with Gasteiger partial charge in [0, 0.05) is 32.3 Å². The summed E-state index contributed by atoms with van der Waals surface area (Å²) < 4.78 is 2.15. The predicted octanol–water partition coefficient (Wildman–Crippen LogP) is 11.4. The zero-order valence-corrected chi connectivity index (χ0v) is 32.0. The van der Waals surface area contributed by atoms with Gasteiger partial charge in [0.1, 0.15) is 11.6 Å². The Morgan fingerprint density at radius 1 is 0.673 bits per heavy atom. The van der Waals surface area contributed by atoms with E-state index in [1.54, 1.807) is 6.07 Å². The van der Waals surface area contributed by atoms with Crippen LogP contribution in [-0.2, 0) is 37.3 Å². The molecule has 0 spiro atoms. The number of imidazole rings is 1. The molecule has 0 bridgehead atoms. The number of rotatable bonds is 4. The van der Waals surface area contributed by atoms with Crippen molar-refractivity contribution >= 4 is 16.9 Å². The first-order valence-corrected chi connectivity index (χ1v) is 16.4. The third-order valence-electron chi connectivity index (χ3n) is 8.87. The summed E-state index contributed by atoms with van der Waals surface area (Å²) in [5.74, 6) is 1.28. The number of phenols is 1. The van der Waals surface area contributed by atoms with Gasteiger partial charge in [-0.15, -0.1) is 29.3 Å². The Hall–Kier alpha value is -4.52. The monoisotopic (exact) mass is 826 g/mol. The van der Waals surface area contributed by atoms with Crippen molar-refractivity contribution in [2.45, 2.75) is 78.6 Å². The minimum absolute atomic E-state index is 0. The van der Waals surface area contributed by atoms with Crippen molar-refractivity contribution < 1.29 is 26.2 Å². The fourth-order valence-electron chi connectivity index (χ4n) is 6.07. The van der Waals surface area contributed by atoms with Crippen molar-refractivity contribution in [3.63, 3.8) is 0 Å². The van der Waals surface area contributed by atoms with Gasteiger partial charge in [-0.2, -0.15) is 4.98 Å². The molecule has 6 aromatic rings. The second kappa shape index (κ2) is 13.1. The van der Waals surface area contributed by atoms with Crippen LogP contribution < -0.4 is 0 Å². The van der Waals surface area contributed by atoms with E-state index in [1.165, 1.54) is 0 Å². The van der Waals surface area contributed by atoms with Crippen LogP contribution in [0.25, 0.3) is 55.3 Å². The second-order valence-corrected chi connectivity index (χ2v) is 15.6. The maximum absolute atomic E-state index is 12.0. The molecule has 2 aromatic heterocycles. The van der Waals surface area contributed by atoms with Gasteiger partial charge in [-0.3, -0.25) is 4.57 Å². The van der Waals surface area contributed by atoms with Crippen LogP contribution in [0.3, 0.4) is 0 Å². The van der Waals surface area contributed by atoms with Gasteiger partial charge in [0.15, 0.2) is 0 Å². The summed E-state index contributed by atoms with van der Waals surface area (Å²) in [6.07, 6.45) is 0. The third-order valence-corrected chi connectivity index (χ3v) is 8.87. The summed E-state index contributed by atoms with van der Waals surface area (Å²) in [7, 11) is 0. The molecular formula is C43H43N4OPt-. The molecule has 49 heavy (non-hydrogen) atoms. The van der Waals surface area contributed by atoms with Gasteiger partial charge in [-0.25, -0.2) is 4.98 Å². The van der Waals surface area contributed by atoms with Crippen molar-refractivity contribution in [2.24, 2.45) is 0 Å². The fraction of sp³-hybridized carbons (Fsp3) is 0.279. The van der Waals surface area contributed by atoms with Gasteiger partial charge in [-0.1, -0.05) is 122 Å². The number of aromatic hydroxyl groups is 1. The zero-order valence-electron chi connectivity index (χ0n) is 29.7. The first kappa shape index (κ1) is 35.8. The van der Waals surface area contributed by atoms with Gasteiger partial charge < -0.3 is 9.95 Å². The van der Waals surface area contributed by atoms with Crippen molar-refractivity contribution in [2.75, 3.05) is 0 Å². The molecule has 1 N–H and O–H groups in total. The molecule has 2 heterocycles. The number of hydrogen-bond donors (Lipinski definition) is 1. The molecule has 6 rings (SSSR count). The van der Waals surface area contributed by atoms with Gasteiger partial charge >= 0.3 is 0 Å². The summed E-state index contributed by atoms with van der Waals surface area (Å²) in [5, 5.41) is 12.0. The van der Waals surface area contributed by atoms with E-state index in [-0.39, 0.29) is 43.1 Å². The summed E-state index contributed by atoms with van der Waals surface area (Å²) in [6.45, 7) is 27.1. The molecule has 4 aromatic carbocycles. The Morgan fingerprint density at radius 3 is 1.94 bits per heavy atom. The van der Waals surface area contributed by atoms with Crippen LogP contribution in [0.15, 0.2) is 91.0 Å². The maximum Gasteiger partial charge on any atom is 0.262 e. The smallest absolute Gasteiger partial charge is 0.262 e. The first-order chi connectivity index (χ1) is 22.6. The number of fused-ring (bicyclic) bond motifs is 1. The Kier molecular flexibility index (Phi) is 9.54. The van der Waals surface area contributed by atoms with Crippen LogP contribution in [0, 0.1) is 12.6 Å². The van der Waals surface area contributed by atoms with Crippen molar-refractivity contribution in [3.8, 4) is 45.2 Å². The normalized spacial score (nSPS) is 12.1. The van der Waals surface area contributed by atoms with E-state index in [1.807, 2.05) is 30.3 Å². The molecule has 0 radical (unpaired) electrons. The average Bonchev–Trinajstić information content (AvgIpc) is 3.43. The summed E-state index contributed by atoms with van der Waals surface area (Å²) in [5.41, 5.74) is 9.33. The fourth-order valence-corrected chi connectivity index (χ4v) is 6.07. The molecule has 0 atom stereocenters. The Labute approximate surface area is 305 Å². The van der Waals surface area contributed by atoms with E-state index in [0.717, 1.165) is 50.1 Å². The van der Waals surface area contributed by atoms with E-state index in [4.69, 9.17) is 11.6 Å². The van der Waals surface area contributed by atoms with E-state index in [9.17, 15) is 5.11 Å². The van der Waals surface area contributed by atoms with Gasteiger partial charge in [0.25, 0.3) is 5.82 Å². The van der Waals surface area contributed by atoms with Crippen LogP contribution in [0.2, 0.25) is 0 Å². The van der Waals surface area contributed by atoms with Crippen LogP contribution in [-0.4, -0.2) is 19.6 Å². The van der Waals surface area contributed by atoms with Crippen molar-refractivity contribution in [1.82, 2.24) is 14.5 Å². The molecule has 0 saturated heterocycles. The molecule has 6 heteroatoms. The molecule has 5 nitrogen and oxygen atoms in total. The largest absolute Gasteiger partial charge is 0.507 e. The van der Waals surface area contributed by atoms with E-state index < -0.39 is 0 Å². The molecule has 0 fully saturated rings. The van der Waals surface area contributed by atoms with Crippen LogP contribution in [0.5, 0.6) is 5.75 Å². The summed E-state index contributed by atoms with van der Waals surface area (Å²) in [6, 6.07) is 34.2. The number of hydrogen-bond acceptors (Lipinski definition) is 3. The Morgan fingerprint density at radius 2 is 1.31 bits per heavy atom. The van der Waals surface area contributed by atoms with Gasteiger partial charge in [0.2, 0.25) is 0 Å². The SMILES string of the molecule is [C-]#[N+]c1cccc(-c2[c-]c(-c3cccc4c3nc(-c3cc(C(C)(C)C)cc(C(C)(C)C)c3O)n4-c3ccccc3)cc(C(C)(C)C)c2)n1.[Pt]. The minimum atomic E-state index is -0.286. The molecule has 0 saturated carbocycles. The number of aromatic nitrogens is 3. The molecule has 0 aliphatic rings. The molecule has 0 unspecified atom stereocenters. The van der Waals surface area contributed by atoms with Gasteiger partial charge in [0.05, 0.1) is 22.3 Å². The molecular weight excluding hydrogens is 784 g/mol. The molecule has 252 valence electrons. The maximum atomic E-state index is 12.0. The number of pyridine rings is 1. The van der Waals surface area contributed by atoms with E-state index >= 15 is 0 Å². The minimum Gasteiger partial charge on any atom is -0.507 e. The molecule has 0 aliphatic heterocycles. The predicted molar refractivity (Wildman–Crippen MR) is 198 cm³/mol. The number of para-hydroxylation sites is 2. The quantitative estimate of drug-likeness (QED) is 0.180. The van der Waals surface area contributed by atoms with Crippen LogP contribution in [0.4, 0.5) is 5.82 Å². The van der Waals surface area contributed by atoms with Gasteiger partial charge in [-0.05, 0) is 58.2 Å². The third kappa shape index (κ3) is 6.99. The second-order valence-electron chi connectivity index (χ2n) is 15.6. The zero-order chi connectivity index (χ0) is 34.6. The summed E-state index contributed by atoms with van der Waals surface area (Å²) >= 11 is 0. The topological polar surface area (TPSA) is 55.3 Å². The number of benzene rings is 4. The van der Waals surface area contributed by atoms with E-state index in [2.05, 4.69) is 137 Å². The molecule has 0 amide bonds. The van der Waals surface area contributed by atoms with Crippen LogP contribution in [0.1, 0.15) is 79.0 Å². The standard InChI is InChI=1S/C43H43N4O.Pt/c1-41(2,3)29-23-27(22-28(24-29)35-19-15-21-37(44-10)45-35)32-18-14-20-36-38(32)46-40(47(36)31-16-12-11-13-17-31)33-25-30(42(4,5)6)26-34(39(33)48)43(7,8)9;/h11-21,23-26,48H,1-9H3;/q-1;. The average molecular weight is 827 g/mol. The Bertz CT molecular complexity index is 2200. The first-order valence-electron chi connectivity index (χ1n) is 16.4. The summed E-state index contributed by atoms with van der Waals surface area (Å²) in [4.78, 5) is 13.6. The van der Waals surface area contributed by atoms with Crippen molar-refractivity contribution in [1.29, 1.82) is 0 Å². The molecule has 0 aliphatic carbocycles. The van der Waals surface area contributed by atoms with Crippen molar-refractivity contribution in [3.05, 3.63) is 125 Å². The van der Waals surface area contributed by atoms with Crippen LogP contribution >= 0.6 is 0 Å². The Balaban J connectivity index is 0.00000468. The number of nitrogens with zero attached hydrogens (tertiary/aromatic N) is 4.